The molecular weight excluding hydrogens is 268 g/mol. The lowest BCUT2D eigenvalue weighted by molar-refractivity contribution is 0.105. The van der Waals surface area contributed by atoms with Gasteiger partial charge in [0, 0.05) is 0 Å². The van der Waals surface area contributed by atoms with Crippen molar-refractivity contribution in [2.75, 3.05) is 0 Å². The van der Waals surface area contributed by atoms with Gasteiger partial charge in [-0.3, -0.25) is 4.79 Å². The van der Waals surface area contributed by atoms with Gasteiger partial charge in [0.15, 0.2) is 0 Å². The molecule has 0 N–H and O–H groups in total. The Morgan fingerprint density at radius 3 is 2.16 bits per heavy atom. The van der Waals surface area contributed by atoms with E-state index >= 15 is 0 Å². The lowest BCUT2D eigenvalue weighted by atomic mass is 10.1. The first-order chi connectivity index (χ1) is 8.58. The fourth-order valence-electron chi connectivity index (χ4n) is 1.38. The first-order valence-corrected chi connectivity index (χ1v) is 13.3. The molecule has 0 radical (unpaired) electrons. The SMILES string of the molecule is C[Si](C)(C)C#CC(=O)c1ccccc1O[Si](C)(C)C. The largest absolute Gasteiger partial charge is 0.544 e. The first-order valence-electron chi connectivity index (χ1n) is 6.44. The van der Waals surface area contributed by atoms with E-state index < -0.39 is 16.4 Å². The van der Waals surface area contributed by atoms with Crippen LogP contribution in [0.2, 0.25) is 39.3 Å². The zero-order chi connectivity index (χ0) is 14.7. The second kappa shape index (κ2) is 5.76. The molecule has 0 spiro atoms. The molecule has 102 valence electrons. The van der Waals surface area contributed by atoms with E-state index in [1.807, 2.05) is 18.2 Å². The van der Waals surface area contributed by atoms with E-state index in [4.69, 9.17) is 4.43 Å². The molecule has 0 aromatic heterocycles. The van der Waals surface area contributed by atoms with Crippen molar-refractivity contribution in [1.82, 2.24) is 0 Å². The highest BCUT2D eigenvalue weighted by Gasteiger charge is 2.20. The number of hydrogen-bond acceptors (Lipinski definition) is 2. The van der Waals surface area contributed by atoms with Gasteiger partial charge in [-0.2, -0.15) is 0 Å². The van der Waals surface area contributed by atoms with Gasteiger partial charge in [0.05, 0.1) is 5.56 Å². The van der Waals surface area contributed by atoms with E-state index in [-0.39, 0.29) is 5.78 Å². The van der Waals surface area contributed by atoms with Crippen LogP contribution in [0.15, 0.2) is 24.3 Å². The Morgan fingerprint density at radius 1 is 1.05 bits per heavy atom. The highest BCUT2D eigenvalue weighted by atomic mass is 28.4. The minimum atomic E-state index is -1.73. The number of Topliss-reactive ketones (excluding diaryl/α,β-unsaturated/α-hetero) is 1. The van der Waals surface area contributed by atoms with Crippen molar-refractivity contribution in [2.45, 2.75) is 39.3 Å². The molecule has 0 aliphatic rings. The van der Waals surface area contributed by atoms with Gasteiger partial charge in [0.2, 0.25) is 14.1 Å². The highest BCUT2D eigenvalue weighted by Crippen LogP contribution is 2.22. The van der Waals surface area contributed by atoms with Crippen molar-refractivity contribution in [3.8, 4) is 17.2 Å². The summed E-state index contributed by atoms with van der Waals surface area (Å²) in [6.45, 7) is 12.7. The second-order valence-corrected chi connectivity index (χ2v) is 15.7. The van der Waals surface area contributed by atoms with E-state index in [2.05, 4.69) is 50.7 Å². The lowest BCUT2D eigenvalue weighted by Crippen LogP contribution is -2.30. The van der Waals surface area contributed by atoms with Gasteiger partial charge in [-0.25, -0.2) is 0 Å². The fraction of sp³-hybridized carbons (Fsp3) is 0.400. The van der Waals surface area contributed by atoms with Gasteiger partial charge in [-0.05, 0) is 37.7 Å². The van der Waals surface area contributed by atoms with Crippen LogP contribution >= 0.6 is 0 Å². The summed E-state index contributed by atoms with van der Waals surface area (Å²) in [7, 11) is -3.26. The predicted molar refractivity (Wildman–Crippen MR) is 85.9 cm³/mol. The van der Waals surface area contributed by atoms with Gasteiger partial charge in [-0.1, -0.05) is 31.8 Å². The summed E-state index contributed by atoms with van der Waals surface area (Å²) in [5.74, 6) is 3.29. The molecular formula is C15H22O2Si2. The van der Waals surface area contributed by atoms with Gasteiger partial charge >= 0.3 is 0 Å². The van der Waals surface area contributed by atoms with Crippen molar-refractivity contribution < 1.29 is 9.22 Å². The van der Waals surface area contributed by atoms with Crippen molar-refractivity contribution in [3.05, 3.63) is 29.8 Å². The van der Waals surface area contributed by atoms with Crippen LogP contribution in [0.3, 0.4) is 0 Å². The van der Waals surface area contributed by atoms with Gasteiger partial charge in [0.25, 0.3) is 0 Å². The second-order valence-electron chi connectivity index (χ2n) is 6.54. The summed E-state index contributed by atoms with van der Waals surface area (Å²) in [5, 5.41) is 0. The molecule has 1 aromatic carbocycles. The molecule has 1 rings (SSSR count). The molecule has 0 saturated carbocycles. The fourth-order valence-corrected chi connectivity index (χ4v) is 2.71. The normalized spacial score (nSPS) is 11.5. The van der Waals surface area contributed by atoms with E-state index in [1.54, 1.807) is 6.07 Å². The van der Waals surface area contributed by atoms with E-state index in [0.717, 1.165) is 0 Å². The number of carbonyl (C=O) groups excluding carboxylic acids is 1. The van der Waals surface area contributed by atoms with E-state index in [1.165, 1.54) is 0 Å². The number of carbonyl (C=O) groups is 1. The Morgan fingerprint density at radius 2 is 1.63 bits per heavy atom. The molecule has 1 aromatic rings. The standard InChI is InChI=1S/C15H22O2Si2/c1-18(2,3)12-11-14(16)13-9-7-8-10-15(13)17-19(4,5)6/h7-10H,1-6H3. The quantitative estimate of drug-likeness (QED) is 0.478. The number of para-hydroxylation sites is 1. The van der Waals surface area contributed by atoms with Crippen LogP contribution in [0, 0.1) is 11.5 Å². The minimum Gasteiger partial charge on any atom is -0.544 e. The Kier molecular flexibility index (Phi) is 4.77. The van der Waals surface area contributed by atoms with Crippen LogP contribution in [0.25, 0.3) is 0 Å². The zero-order valence-electron chi connectivity index (χ0n) is 12.6. The summed E-state index contributed by atoms with van der Waals surface area (Å²) in [6, 6.07) is 7.37. The van der Waals surface area contributed by atoms with Crippen molar-refractivity contribution in [3.63, 3.8) is 0 Å². The molecule has 0 atom stereocenters. The third-order valence-electron chi connectivity index (χ3n) is 2.10. The maximum Gasteiger partial charge on any atom is 0.242 e. The topological polar surface area (TPSA) is 26.3 Å². The van der Waals surface area contributed by atoms with Crippen LogP contribution in [-0.4, -0.2) is 22.2 Å². The minimum absolute atomic E-state index is 0.142. The molecule has 0 aliphatic heterocycles. The maximum atomic E-state index is 12.2. The Hall–Kier alpha value is -1.32. The molecule has 0 fully saturated rings. The van der Waals surface area contributed by atoms with Crippen LogP contribution in [0.5, 0.6) is 5.75 Å². The van der Waals surface area contributed by atoms with Gasteiger partial charge in [-0.15, -0.1) is 5.54 Å². The van der Waals surface area contributed by atoms with Crippen molar-refractivity contribution >= 4 is 22.2 Å². The molecule has 0 heterocycles. The van der Waals surface area contributed by atoms with Crippen LogP contribution in [0.4, 0.5) is 0 Å². The highest BCUT2D eigenvalue weighted by molar-refractivity contribution is 6.84. The molecule has 0 unspecified atom stereocenters. The van der Waals surface area contributed by atoms with Crippen LogP contribution in [-0.2, 0) is 0 Å². The third-order valence-corrected chi connectivity index (χ3v) is 3.81. The maximum absolute atomic E-state index is 12.2. The molecule has 2 nitrogen and oxygen atoms in total. The number of ketones is 1. The van der Waals surface area contributed by atoms with Crippen LogP contribution < -0.4 is 4.43 Å². The summed E-state index contributed by atoms with van der Waals surface area (Å²) in [4.78, 5) is 12.2. The number of hydrogen-bond donors (Lipinski definition) is 0. The summed E-state index contributed by atoms with van der Waals surface area (Å²) in [6.07, 6.45) is 0. The molecule has 0 bridgehead atoms. The predicted octanol–water partition coefficient (Wildman–Crippen LogP) is 3.96. The summed E-state index contributed by atoms with van der Waals surface area (Å²) >= 11 is 0. The molecule has 0 aliphatic carbocycles. The molecule has 4 heteroatoms. The molecule has 0 amide bonds. The Labute approximate surface area is 118 Å². The average Bonchev–Trinajstić information content (AvgIpc) is 2.23. The smallest absolute Gasteiger partial charge is 0.242 e. The monoisotopic (exact) mass is 290 g/mol. The van der Waals surface area contributed by atoms with Crippen molar-refractivity contribution in [2.24, 2.45) is 0 Å². The van der Waals surface area contributed by atoms with Crippen molar-refractivity contribution in [1.29, 1.82) is 0 Å². The zero-order valence-corrected chi connectivity index (χ0v) is 14.6. The molecule has 19 heavy (non-hydrogen) atoms. The average molecular weight is 291 g/mol. The number of benzene rings is 1. The first kappa shape index (κ1) is 15.7. The van der Waals surface area contributed by atoms with Crippen LogP contribution in [0.1, 0.15) is 10.4 Å². The Bertz CT molecular complexity index is 526. The van der Waals surface area contributed by atoms with Gasteiger partial charge in [0.1, 0.15) is 13.8 Å². The Balaban J connectivity index is 3.07. The van der Waals surface area contributed by atoms with E-state index in [0.29, 0.717) is 11.3 Å². The summed E-state index contributed by atoms with van der Waals surface area (Å²) in [5.41, 5.74) is 3.68. The molecule has 0 saturated heterocycles. The third kappa shape index (κ3) is 5.90. The summed E-state index contributed by atoms with van der Waals surface area (Å²) < 4.78 is 5.95. The van der Waals surface area contributed by atoms with Gasteiger partial charge < -0.3 is 4.43 Å². The van der Waals surface area contributed by atoms with E-state index in [9.17, 15) is 4.79 Å². The lowest BCUT2D eigenvalue weighted by Gasteiger charge is -2.20. The number of rotatable bonds is 3.